The minimum atomic E-state index is -0.837. The van der Waals surface area contributed by atoms with Crippen LogP contribution in [0.15, 0.2) is 66.2 Å². The molecule has 150 valence electrons. The molecule has 1 aliphatic carbocycles. The third-order valence-electron chi connectivity index (χ3n) is 5.97. The van der Waals surface area contributed by atoms with Gasteiger partial charge in [0.15, 0.2) is 0 Å². The van der Waals surface area contributed by atoms with E-state index >= 15 is 0 Å². The maximum absolute atomic E-state index is 11.1. The molecule has 2 aliphatic rings. The first-order valence-corrected chi connectivity index (χ1v) is 11.1. The van der Waals surface area contributed by atoms with Gasteiger partial charge >= 0.3 is 5.97 Å². The number of aromatic carboxylic acids is 1. The zero-order valence-corrected chi connectivity index (χ0v) is 17.5. The monoisotopic (exact) mass is 413 g/mol. The molecule has 0 spiro atoms. The molecule has 0 unspecified atom stereocenters. The minimum Gasteiger partial charge on any atom is -0.477 e. The van der Waals surface area contributed by atoms with Gasteiger partial charge in [-0.3, -0.25) is 4.90 Å². The smallest absolute Gasteiger partial charge is 0.345 e. The Bertz CT molecular complexity index is 1110. The molecule has 4 heteroatoms. The number of benzene rings is 2. The summed E-state index contributed by atoms with van der Waals surface area (Å²) in [4.78, 5) is 15.1. The van der Waals surface area contributed by atoms with Crippen LogP contribution in [0.4, 0.5) is 0 Å². The summed E-state index contributed by atoms with van der Waals surface area (Å²) in [6, 6.07) is 21.0. The minimum absolute atomic E-state index is 0.420. The number of carboxylic acids is 1. The van der Waals surface area contributed by atoms with Gasteiger partial charge in [0.05, 0.1) is 0 Å². The van der Waals surface area contributed by atoms with Crippen molar-refractivity contribution in [1.29, 1.82) is 0 Å². The van der Waals surface area contributed by atoms with Gasteiger partial charge in [-0.05, 0) is 52.8 Å². The lowest BCUT2D eigenvalue weighted by Gasteiger charge is -2.30. The fourth-order valence-electron chi connectivity index (χ4n) is 4.47. The molecule has 0 atom stereocenters. The molecule has 2 aromatic carbocycles. The largest absolute Gasteiger partial charge is 0.477 e. The summed E-state index contributed by atoms with van der Waals surface area (Å²) in [5, 5.41) is 9.15. The Hall–Kier alpha value is -2.95. The summed E-state index contributed by atoms with van der Waals surface area (Å²) in [5.74, 6) is -0.837. The van der Waals surface area contributed by atoms with Crippen molar-refractivity contribution >= 4 is 35.0 Å². The topological polar surface area (TPSA) is 40.5 Å². The Labute approximate surface area is 180 Å². The first-order chi connectivity index (χ1) is 14.7. The van der Waals surface area contributed by atoms with Crippen LogP contribution in [-0.4, -0.2) is 29.1 Å². The fourth-order valence-corrected chi connectivity index (χ4v) is 5.36. The Morgan fingerprint density at radius 2 is 1.47 bits per heavy atom. The van der Waals surface area contributed by atoms with Gasteiger partial charge in [0.2, 0.25) is 0 Å². The molecule has 1 aliphatic heterocycles. The normalized spacial score (nSPS) is 16.1. The van der Waals surface area contributed by atoms with Gasteiger partial charge in [0.25, 0.3) is 0 Å². The molecular formula is C26H23NO2S. The number of piperidine rings is 1. The van der Waals surface area contributed by atoms with Crippen LogP contribution in [0.3, 0.4) is 0 Å². The maximum atomic E-state index is 11.1. The molecule has 30 heavy (non-hydrogen) atoms. The summed E-state index contributed by atoms with van der Waals surface area (Å²) >= 11 is 1.39. The zero-order chi connectivity index (χ0) is 20.5. The Balaban J connectivity index is 1.43. The van der Waals surface area contributed by atoms with Crippen molar-refractivity contribution in [2.45, 2.75) is 19.4 Å². The molecule has 0 bridgehead atoms. The molecule has 0 amide bonds. The second kappa shape index (κ2) is 8.05. The van der Waals surface area contributed by atoms with Crippen molar-refractivity contribution in [3.05, 3.63) is 98.2 Å². The number of hydrogen-bond acceptors (Lipinski definition) is 3. The van der Waals surface area contributed by atoms with E-state index in [2.05, 4.69) is 65.6 Å². The van der Waals surface area contributed by atoms with Crippen LogP contribution in [0.25, 0.3) is 17.7 Å². The summed E-state index contributed by atoms with van der Waals surface area (Å²) in [5.41, 5.74) is 8.12. The van der Waals surface area contributed by atoms with E-state index in [0.717, 1.165) is 37.4 Å². The molecule has 0 saturated carbocycles. The van der Waals surface area contributed by atoms with Gasteiger partial charge in [-0.1, -0.05) is 66.3 Å². The van der Waals surface area contributed by atoms with E-state index in [1.54, 1.807) is 6.07 Å². The third kappa shape index (κ3) is 3.64. The van der Waals surface area contributed by atoms with Crippen molar-refractivity contribution < 1.29 is 9.90 Å². The van der Waals surface area contributed by atoms with E-state index < -0.39 is 5.97 Å². The van der Waals surface area contributed by atoms with Crippen molar-refractivity contribution in [3.8, 4) is 0 Å². The van der Waals surface area contributed by atoms with Crippen LogP contribution in [0.1, 0.15) is 49.6 Å². The van der Waals surface area contributed by atoms with E-state index in [-0.39, 0.29) is 0 Å². The molecule has 5 rings (SSSR count). The second-order valence-corrected chi connectivity index (χ2v) is 9.00. The number of thiophene rings is 1. The highest BCUT2D eigenvalue weighted by Crippen LogP contribution is 2.38. The molecule has 3 aromatic rings. The molecule has 1 fully saturated rings. The number of fused-ring (bicyclic) bond motifs is 2. The quantitative estimate of drug-likeness (QED) is 0.446. The fraction of sp³-hybridized carbons (Fsp3) is 0.192. The van der Waals surface area contributed by atoms with Crippen LogP contribution in [-0.2, 0) is 6.54 Å². The molecule has 1 aromatic heterocycles. The molecular weight excluding hydrogens is 390 g/mol. The highest BCUT2D eigenvalue weighted by atomic mass is 32.1. The SMILES string of the molecule is O=C(O)c1ccc(CN2CCC(=C3c4ccccc4C=Cc4ccccc43)CC2)s1. The standard InChI is InChI=1S/C26H23NO2S/c28-26(29)24-12-11-21(30-24)17-27-15-13-20(14-16-27)25-22-7-3-1-5-18(22)9-10-19-6-2-4-8-23(19)25/h1-12H,13-17H2,(H,28,29). The Morgan fingerprint density at radius 3 is 2.03 bits per heavy atom. The predicted molar refractivity (Wildman–Crippen MR) is 124 cm³/mol. The van der Waals surface area contributed by atoms with Crippen LogP contribution in [0.5, 0.6) is 0 Å². The highest BCUT2D eigenvalue weighted by molar-refractivity contribution is 7.13. The van der Waals surface area contributed by atoms with Gasteiger partial charge in [-0.25, -0.2) is 4.79 Å². The molecule has 1 N–H and O–H groups in total. The van der Waals surface area contributed by atoms with Crippen LogP contribution >= 0.6 is 11.3 Å². The summed E-state index contributed by atoms with van der Waals surface area (Å²) < 4.78 is 0. The lowest BCUT2D eigenvalue weighted by Crippen LogP contribution is -2.30. The highest BCUT2D eigenvalue weighted by Gasteiger charge is 2.23. The summed E-state index contributed by atoms with van der Waals surface area (Å²) in [6.07, 6.45) is 6.53. The average Bonchev–Trinajstić information content (AvgIpc) is 3.17. The van der Waals surface area contributed by atoms with Crippen molar-refractivity contribution in [2.24, 2.45) is 0 Å². The van der Waals surface area contributed by atoms with E-state index in [1.807, 2.05) is 6.07 Å². The lowest BCUT2D eigenvalue weighted by molar-refractivity contribution is 0.0702. The molecule has 0 radical (unpaired) electrons. The van der Waals surface area contributed by atoms with Crippen LogP contribution < -0.4 is 0 Å². The van der Waals surface area contributed by atoms with Crippen molar-refractivity contribution in [1.82, 2.24) is 4.90 Å². The lowest BCUT2D eigenvalue weighted by atomic mass is 9.86. The van der Waals surface area contributed by atoms with Crippen LogP contribution in [0.2, 0.25) is 0 Å². The number of carboxylic acid groups (broad SMARTS) is 1. The third-order valence-corrected chi connectivity index (χ3v) is 7.03. The van der Waals surface area contributed by atoms with Crippen LogP contribution in [0, 0.1) is 0 Å². The maximum Gasteiger partial charge on any atom is 0.345 e. The van der Waals surface area contributed by atoms with Gasteiger partial charge in [0.1, 0.15) is 4.88 Å². The zero-order valence-electron chi connectivity index (χ0n) is 16.7. The first kappa shape index (κ1) is 19.0. The second-order valence-electron chi connectivity index (χ2n) is 7.83. The van der Waals surface area contributed by atoms with E-state index in [0.29, 0.717) is 4.88 Å². The van der Waals surface area contributed by atoms with E-state index in [9.17, 15) is 4.79 Å². The number of nitrogens with zero attached hydrogens (tertiary/aromatic N) is 1. The summed E-state index contributed by atoms with van der Waals surface area (Å²) in [6.45, 7) is 2.82. The number of rotatable bonds is 3. The summed E-state index contributed by atoms with van der Waals surface area (Å²) in [7, 11) is 0. The molecule has 2 heterocycles. The predicted octanol–water partition coefficient (Wildman–Crippen LogP) is 6.03. The molecule has 3 nitrogen and oxygen atoms in total. The van der Waals surface area contributed by atoms with E-state index in [4.69, 9.17) is 5.11 Å². The van der Waals surface area contributed by atoms with Gasteiger partial charge < -0.3 is 5.11 Å². The van der Waals surface area contributed by atoms with E-state index in [1.165, 1.54) is 44.7 Å². The Kier molecular flexibility index (Phi) is 5.11. The van der Waals surface area contributed by atoms with Gasteiger partial charge in [-0.2, -0.15) is 0 Å². The molecule has 1 saturated heterocycles. The van der Waals surface area contributed by atoms with Crippen molar-refractivity contribution in [2.75, 3.05) is 13.1 Å². The van der Waals surface area contributed by atoms with Gasteiger partial charge in [-0.15, -0.1) is 11.3 Å². The Morgan fingerprint density at radius 1 is 0.867 bits per heavy atom. The van der Waals surface area contributed by atoms with Gasteiger partial charge in [0, 0.05) is 24.5 Å². The average molecular weight is 414 g/mol. The van der Waals surface area contributed by atoms with Crippen molar-refractivity contribution in [3.63, 3.8) is 0 Å². The number of likely N-dealkylation sites (tertiary alicyclic amines) is 1. The first-order valence-electron chi connectivity index (χ1n) is 10.3. The number of hydrogen-bond donors (Lipinski definition) is 1. The number of carbonyl (C=O) groups is 1.